The SMILES string of the molecule is CCCCCCCCCCCCCCCCOc1ccc(C(=O)CC(=O)Nc2cccc(S(=O)(=O)O)c2)cc1.[H-].[Na+]. The maximum atomic E-state index is 12.5. The fraction of sp³-hybridized carbons (Fsp3) is 0.548. The number of benzene rings is 2. The molecular weight excluding hydrogens is 537 g/mol. The molecule has 1 amide bonds. The summed E-state index contributed by atoms with van der Waals surface area (Å²) in [5.74, 6) is -0.254. The van der Waals surface area contributed by atoms with Gasteiger partial charge in [-0.25, -0.2) is 0 Å². The van der Waals surface area contributed by atoms with Gasteiger partial charge in [-0.15, -0.1) is 0 Å². The minimum absolute atomic E-state index is 0. The summed E-state index contributed by atoms with van der Waals surface area (Å²) in [5, 5.41) is 2.48. The number of carbonyl (C=O) groups is 2. The van der Waals surface area contributed by atoms with E-state index < -0.39 is 22.4 Å². The molecule has 2 rings (SSSR count). The van der Waals surface area contributed by atoms with E-state index in [0.717, 1.165) is 18.9 Å². The Morgan fingerprint density at radius 2 is 1.32 bits per heavy atom. The van der Waals surface area contributed by atoms with Crippen LogP contribution < -0.4 is 39.6 Å². The predicted octanol–water partition coefficient (Wildman–Crippen LogP) is 5.12. The van der Waals surface area contributed by atoms with Gasteiger partial charge in [-0.05, 0) is 48.9 Å². The monoisotopic (exact) mass is 583 g/mol. The van der Waals surface area contributed by atoms with E-state index in [0.29, 0.717) is 17.9 Å². The number of hydrogen-bond donors (Lipinski definition) is 2. The smallest absolute Gasteiger partial charge is 1.00 e. The van der Waals surface area contributed by atoms with Crippen molar-refractivity contribution < 1.29 is 58.3 Å². The number of amides is 1. The summed E-state index contributed by atoms with van der Waals surface area (Å²) in [5.41, 5.74) is 0.566. The Hall–Kier alpha value is -1.71. The van der Waals surface area contributed by atoms with E-state index in [4.69, 9.17) is 9.29 Å². The normalized spacial score (nSPS) is 11.1. The van der Waals surface area contributed by atoms with Crippen molar-refractivity contribution in [1.29, 1.82) is 0 Å². The molecule has 2 aromatic carbocycles. The third-order valence-electron chi connectivity index (χ3n) is 6.68. The summed E-state index contributed by atoms with van der Waals surface area (Å²) in [6.07, 6.45) is 18.0. The van der Waals surface area contributed by atoms with Gasteiger partial charge >= 0.3 is 29.6 Å². The van der Waals surface area contributed by atoms with E-state index in [9.17, 15) is 18.0 Å². The van der Waals surface area contributed by atoms with Gasteiger partial charge in [0.1, 0.15) is 5.75 Å². The molecule has 0 fully saturated rings. The molecule has 0 aliphatic heterocycles. The van der Waals surface area contributed by atoms with Gasteiger partial charge in [0.2, 0.25) is 5.91 Å². The Balaban J connectivity index is 0.00000800. The maximum Gasteiger partial charge on any atom is 1.00 e. The fourth-order valence-corrected chi connectivity index (χ4v) is 4.94. The molecule has 0 aromatic heterocycles. The van der Waals surface area contributed by atoms with E-state index >= 15 is 0 Å². The standard InChI is InChI=1S/C31H45NO6S.Na.H/c1-2-3-4-5-6-7-8-9-10-11-12-13-14-15-23-38-28-21-19-26(20-22-28)30(33)25-31(34)32-27-17-16-18-29(24-27)39(35,36)37;;/h16-22,24H,2-15,23,25H2,1H3,(H,32,34)(H,35,36,37);;/q;+1;-1. The molecule has 0 aliphatic carbocycles. The second-order valence-electron chi connectivity index (χ2n) is 10.1. The van der Waals surface area contributed by atoms with Crippen molar-refractivity contribution >= 4 is 27.5 Å². The van der Waals surface area contributed by atoms with E-state index in [-0.39, 0.29) is 47.4 Å². The maximum absolute atomic E-state index is 12.5. The molecule has 0 spiro atoms. The molecule has 2 aromatic rings. The van der Waals surface area contributed by atoms with Gasteiger partial charge < -0.3 is 11.5 Å². The molecular formula is C31H46NNaO6S. The second-order valence-corrected chi connectivity index (χ2v) is 11.5. The molecule has 0 saturated heterocycles. The summed E-state index contributed by atoms with van der Waals surface area (Å²) < 4.78 is 37.4. The van der Waals surface area contributed by atoms with E-state index in [2.05, 4.69) is 12.2 Å². The molecule has 0 unspecified atom stereocenters. The Labute approximate surface area is 264 Å². The number of Topliss-reactive ketones (excluding diaryl/α,β-unsaturated/α-hetero) is 1. The number of anilines is 1. The zero-order valence-electron chi connectivity index (χ0n) is 25.3. The Bertz CT molecular complexity index is 1110. The quantitative estimate of drug-likeness (QED) is 0.0694. The largest absolute Gasteiger partial charge is 1.00 e. The molecule has 218 valence electrons. The molecule has 7 nitrogen and oxygen atoms in total. The van der Waals surface area contributed by atoms with Crippen LogP contribution in [0, 0.1) is 0 Å². The minimum atomic E-state index is -4.38. The number of hydrogen-bond acceptors (Lipinski definition) is 5. The summed E-state index contributed by atoms with van der Waals surface area (Å²) in [4.78, 5) is 24.3. The van der Waals surface area contributed by atoms with E-state index in [1.54, 1.807) is 24.3 Å². The van der Waals surface area contributed by atoms with Gasteiger partial charge in [0.25, 0.3) is 10.1 Å². The van der Waals surface area contributed by atoms with Crippen molar-refractivity contribution in [2.24, 2.45) is 0 Å². The van der Waals surface area contributed by atoms with Gasteiger partial charge in [0.15, 0.2) is 5.78 Å². The van der Waals surface area contributed by atoms with Crippen LogP contribution in [-0.4, -0.2) is 31.3 Å². The van der Waals surface area contributed by atoms with Crippen LogP contribution in [0.5, 0.6) is 5.75 Å². The van der Waals surface area contributed by atoms with Crippen LogP contribution in [-0.2, 0) is 14.9 Å². The molecule has 2 N–H and O–H groups in total. The van der Waals surface area contributed by atoms with Crippen LogP contribution in [0.2, 0.25) is 0 Å². The van der Waals surface area contributed by atoms with Crippen LogP contribution in [0.3, 0.4) is 0 Å². The first-order valence-corrected chi connectivity index (χ1v) is 15.9. The summed E-state index contributed by atoms with van der Waals surface area (Å²) in [6, 6.07) is 11.9. The first kappa shape index (κ1) is 36.3. The minimum Gasteiger partial charge on any atom is -1.00 e. The molecule has 0 saturated carbocycles. The van der Waals surface area contributed by atoms with Gasteiger partial charge in [-0.1, -0.05) is 96.5 Å². The van der Waals surface area contributed by atoms with E-state index in [1.807, 2.05) is 0 Å². The molecule has 40 heavy (non-hydrogen) atoms. The third kappa shape index (κ3) is 15.9. The Morgan fingerprint density at radius 3 is 1.85 bits per heavy atom. The van der Waals surface area contributed by atoms with Crippen LogP contribution in [0.1, 0.15) is 115 Å². The van der Waals surface area contributed by atoms with Gasteiger partial charge in [0.05, 0.1) is 17.9 Å². The second kappa shape index (κ2) is 21.1. The van der Waals surface area contributed by atoms with Crippen molar-refractivity contribution in [3.05, 3.63) is 54.1 Å². The van der Waals surface area contributed by atoms with Crippen LogP contribution >= 0.6 is 0 Å². The Morgan fingerprint density at radius 1 is 0.800 bits per heavy atom. The average molecular weight is 584 g/mol. The van der Waals surface area contributed by atoms with Crippen molar-refractivity contribution in [3.8, 4) is 5.75 Å². The van der Waals surface area contributed by atoms with Crippen molar-refractivity contribution in [3.63, 3.8) is 0 Å². The van der Waals surface area contributed by atoms with Gasteiger partial charge in [0, 0.05) is 11.3 Å². The van der Waals surface area contributed by atoms with Crippen LogP contribution in [0.15, 0.2) is 53.4 Å². The van der Waals surface area contributed by atoms with Crippen molar-refractivity contribution in [1.82, 2.24) is 0 Å². The van der Waals surface area contributed by atoms with E-state index in [1.165, 1.54) is 95.2 Å². The third-order valence-corrected chi connectivity index (χ3v) is 7.53. The number of rotatable bonds is 21. The molecule has 0 heterocycles. The number of unbranched alkanes of at least 4 members (excludes halogenated alkanes) is 13. The van der Waals surface area contributed by atoms with Gasteiger partial charge in [-0.2, -0.15) is 8.42 Å². The fourth-order valence-electron chi connectivity index (χ4n) is 4.41. The Kier molecular flexibility index (Phi) is 19.1. The molecule has 0 bridgehead atoms. The average Bonchev–Trinajstić information content (AvgIpc) is 2.90. The zero-order valence-corrected chi connectivity index (χ0v) is 27.1. The number of ether oxygens (including phenoxy) is 1. The summed E-state index contributed by atoms with van der Waals surface area (Å²) in [6.45, 7) is 2.89. The summed E-state index contributed by atoms with van der Waals surface area (Å²) >= 11 is 0. The summed E-state index contributed by atoms with van der Waals surface area (Å²) in [7, 11) is -4.38. The van der Waals surface area contributed by atoms with Gasteiger partial charge in [-0.3, -0.25) is 14.1 Å². The predicted molar refractivity (Wildman–Crippen MR) is 157 cm³/mol. The molecule has 0 atom stereocenters. The number of nitrogens with one attached hydrogen (secondary N) is 1. The zero-order chi connectivity index (χ0) is 28.3. The first-order chi connectivity index (χ1) is 18.8. The van der Waals surface area contributed by atoms with Crippen LogP contribution in [0.25, 0.3) is 0 Å². The number of ketones is 1. The first-order valence-electron chi connectivity index (χ1n) is 14.4. The molecule has 0 radical (unpaired) electrons. The van der Waals surface area contributed by atoms with Crippen molar-refractivity contribution in [2.45, 2.75) is 108 Å². The number of carbonyl (C=O) groups excluding carboxylic acids is 2. The topological polar surface area (TPSA) is 110 Å². The van der Waals surface area contributed by atoms with Crippen molar-refractivity contribution in [2.75, 3.05) is 11.9 Å². The van der Waals surface area contributed by atoms with Crippen LogP contribution in [0.4, 0.5) is 5.69 Å². The molecule has 9 heteroatoms. The molecule has 0 aliphatic rings.